The Morgan fingerprint density at radius 2 is 1.93 bits per heavy atom. The number of aliphatic carboxylic acids is 2. The molecule has 0 aromatic heterocycles. The Hall–Kier alpha value is -1.58. The summed E-state index contributed by atoms with van der Waals surface area (Å²) in [6, 6.07) is 0. The molecule has 4 nitrogen and oxygen atoms in total. The summed E-state index contributed by atoms with van der Waals surface area (Å²) in [5, 5.41) is 17.0. The third-order valence-electron chi connectivity index (χ3n) is 1.69. The number of carbonyl (C=O) groups is 2. The van der Waals surface area contributed by atoms with Crippen LogP contribution in [-0.2, 0) is 9.59 Å². The zero-order valence-electron chi connectivity index (χ0n) is 7.85. The van der Waals surface area contributed by atoms with Crippen LogP contribution in [0.25, 0.3) is 0 Å². The Kier molecular flexibility index (Phi) is 6.11. The lowest BCUT2D eigenvalue weighted by molar-refractivity contribution is -0.140. The van der Waals surface area contributed by atoms with Crippen molar-refractivity contribution in [1.82, 2.24) is 0 Å². The van der Waals surface area contributed by atoms with Gasteiger partial charge in [0.05, 0.1) is 6.42 Å². The predicted molar refractivity (Wildman–Crippen MR) is 51.9 cm³/mol. The summed E-state index contributed by atoms with van der Waals surface area (Å²) < 4.78 is 0. The van der Waals surface area contributed by atoms with Crippen LogP contribution in [0.5, 0.6) is 0 Å². The molecule has 2 N–H and O–H groups in total. The maximum atomic E-state index is 10.4. The lowest BCUT2D eigenvalue weighted by Crippen LogP contribution is -2.07. The summed E-state index contributed by atoms with van der Waals surface area (Å²) in [6.07, 6.45) is 5.12. The van der Waals surface area contributed by atoms with E-state index in [0.29, 0.717) is 6.42 Å². The van der Waals surface area contributed by atoms with Crippen LogP contribution in [0.15, 0.2) is 24.8 Å². The van der Waals surface area contributed by atoms with E-state index in [1.54, 1.807) is 12.2 Å². The Bertz CT molecular complexity index is 243. The lowest BCUT2D eigenvalue weighted by atomic mass is 9.99. The Morgan fingerprint density at radius 3 is 2.36 bits per heavy atom. The van der Waals surface area contributed by atoms with Gasteiger partial charge in [-0.3, -0.25) is 9.59 Å². The summed E-state index contributed by atoms with van der Waals surface area (Å²) in [4.78, 5) is 20.7. The first kappa shape index (κ1) is 12.4. The van der Waals surface area contributed by atoms with Crippen molar-refractivity contribution in [1.29, 1.82) is 0 Å². The second kappa shape index (κ2) is 6.88. The zero-order valence-corrected chi connectivity index (χ0v) is 7.85. The molecule has 0 saturated heterocycles. The molecule has 0 aliphatic carbocycles. The third kappa shape index (κ3) is 7.09. The largest absolute Gasteiger partial charge is 0.481 e. The van der Waals surface area contributed by atoms with E-state index in [-0.39, 0.29) is 18.8 Å². The molecule has 0 spiro atoms. The molecule has 0 aromatic carbocycles. The zero-order chi connectivity index (χ0) is 11.0. The van der Waals surface area contributed by atoms with E-state index in [1.165, 1.54) is 6.08 Å². The van der Waals surface area contributed by atoms with Gasteiger partial charge in [0.1, 0.15) is 0 Å². The molecule has 78 valence electrons. The van der Waals surface area contributed by atoms with Crippen molar-refractivity contribution in [3.63, 3.8) is 0 Å². The molecule has 0 aliphatic rings. The van der Waals surface area contributed by atoms with Crippen molar-refractivity contribution < 1.29 is 19.8 Å². The van der Waals surface area contributed by atoms with Gasteiger partial charge in [0.2, 0.25) is 0 Å². The molecule has 4 heteroatoms. The molecule has 0 radical (unpaired) electrons. The molecule has 0 bridgehead atoms. The summed E-state index contributed by atoms with van der Waals surface area (Å²) in [7, 11) is 0. The highest BCUT2D eigenvalue weighted by Gasteiger charge is 2.11. The number of hydrogen-bond acceptors (Lipinski definition) is 2. The molecule has 14 heavy (non-hydrogen) atoms. The average Bonchev–Trinajstić information content (AvgIpc) is 2.09. The Morgan fingerprint density at radius 1 is 1.29 bits per heavy atom. The van der Waals surface area contributed by atoms with Gasteiger partial charge < -0.3 is 10.2 Å². The van der Waals surface area contributed by atoms with Crippen molar-refractivity contribution in [2.24, 2.45) is 5.92 Å². The molecule has 0 saturated carbocycles. The highest BCUT2D eigenvalue weighted by molar-refractivity contribution is 5.68. The first-order valence-electron chi connectivity index (χ1n) is 4.29. The minimum atomic E-state index is -0.922. The smallest absolute Gasteiger partial charge is 0.303 e. The second-order valence-electron chi connectivity index (χ2n) is 2.91. The molecule has 1 unspecified atom stereocenters. The van der Waals surface area contributed by atoms with E-state index in [9.17, 15) is 9.59 Å². The van der Waals surface area contributed by atoms with Crippen LogP contribution in [0.4, 0.5) is 0 Å². The molecular weight excluding hydrogens is 184 g/mol. The van der Waals surface area contributed by atoms with Crippen molar-refractivity contribution in [3.8, 4) is 0 Å². The maximum absolute atomic E-state index is 10.4. The highest BCUT2D eigenvalue weighted by atomic mass is 16.4. The monoisotopic (exact) mass is 198 g/mol. The number of carboxylic acids is 2. The van der Waals surface area contributed by atoms with Crippen molar-refractivity contribution in [3.05, 3.63) is 24.8 Å². The summed E-state index contributed by atoms with van der Waals surface area (Å²) >= 11 is 0. The lowest BCUT2D eigenvalue weighted by Gasteiger charge is -2.07. The van der Waals surface area contributed by atoms with Gasteiger partial charge in [-0.1, -0.05) is 24.8 Å². The SMILES string of the molecule is C=CC=CC(CCC(=O)O)CC(=O)O. The van der Waals surface area contributed by atoms with Crippen LogP contribution in [0, 0.1) is 5.92 Å². The topological polar surface area (TPSA) is 74.6 Å². The molecule has 1 atom stereocenters. The van der Waals surface area contributed by atoms with E-state index in [4.69, 9.17) is 10.2 Å². The van der Waals surface area contributed by atoms with Crippen molar-refractivity contribution >= 4 is 11.9 Å². The summed E-state index contributed by atoms with van der Waals surface area (Å²) in [5.74, 6) is -2.07. The van der Waals surface area contributed by atoms with Crippen LogP contribution in [-0.4, -0.2) is 22.2 Å². The number of carboxylic acid groups (broad SMARTS) is 2. The minimum Gasteiger partial charge on any atom is -0.481 e. The predicted octanol–water partition coefficient (Wildman–Crippen LogP) is 1.68. The molecule has 0 amide bonds. The van der Waals surface area contributed by atoms with Gasteiger partial charge in [0.15, 0.2) is 0 Å². The molecule has 0 fully saturated rings. The summed E-state index contributed by atoms with van der Waals surface area (Å²) in [5.41, 5.74) is 0. The van der Waals surface area contributed by atoms with Gasteiger partial charge in [-0.25, -0.2) is 0 Å². The first-order valence-corrected chi connectivity index (χ1v) is 4.29. The van der Waals surface area contributed by atoms with E-state index in [1.807, 2.05) is 0 Å². The molecular formula is C10H14O4. The summed E-state index contributed by atoms with van der Waals surface area (Å²) in [6.45, 7) is 3.46. The van der Waals surface area contributed by atoms with Gasteiger partial charge in [-0.2, -0.15) is 0 Å². The van der Waals surface area contributed by atoms with Crippen LogP contribution >= 0.6 is 0 Å². The fraction of sp³-hybridized carbons (Fsp3) is 0.400. The highest BCUT2D eigenvalue weighted by Crippen LogP contribution is 2.13. The van der Waals surface area contributed by atoms with E-state index in [2.05, 4.69) is 6.58 Å². The standard InChI is InChI=1S/C10H14O4/c1-2-3-4-8(7-10(13)14)5-6-9(11)12/h2-4,8H,1,5-7H2,(H,11,12)(H,13,14). The minimum absolute atomic E-state index is 0.0145. The van der Waals surface area contributed by atoms with Crippen LogP contribution < -0.4 is 0 Å². The van der Waals surface area contributed by atoms with Gasteiger partial charge in [0, 0.05) is 6.42 Å². The van der Waals surface area contributed by atoms with Crippen molar-refractivity contribution in [2.75, 3.05) is 0 Å². The number of rotatable bonds is 7. The Labute approximate surface area is 82.6 Å². The quantitative estimate of drug-likeness (QED) is 0.610. The first-order chi connectivity index (χ1) is 6.56. The van der Waals surface area contributed by atoms with E-state index < -0.39 is 11.9 Å². The normalized spacial score (nSPS) is 12.6. The van der Waals surface area contributed by atoms with Gasteiger partial charge in [-0.05, 0) is 12.3 Å². The molecule has 0 aliphatic heterocycles. The third-order valence-corrected chi connectivity index (χ3v) is 1.69. The van der Waals surface area contributed by atoms with Crippen molar-refractivity contribution in [2.45, 2.75) is 19.3 Å². The molecule has 0 rings (SSSR count). The average molecular weight is 198 g/mol. The fourth-order valence-electron chi connectivity index (χ4n) is 1.04. The Balaban J connectivity index is 4.09. The van der Waals surface area contributed by atoms with Gasteiger partial charge in [-0.15, -0.1) is 0 Å². The van der Waals surface area contributed by atoms with Crippen LogP contribution in [0.3, 0.4) is 0 Å². The van der Waals surface area contributed by atoms with Gasteiger partial charge in [0.25, 0.3) is 0 Å². The number of allylic oxidation sites excluding steroid dienone is 3. The van der Waals surface area contributed by atoms with Crippen LogP contribution in [0.2, 0.25) is 0 Å². The molecule has 0 heterocycles. The van der Waals surface area contributed by atoms with E-state index in [0.717, 1.165) is 0 Å². The fourth-order valence-corrected chi connectivity index (χ4v) is 1.04. The van der Waals surface area contributed by atoms with E-state index >= 15 is 0 Å². The molecule has 0 aromatic rings. The number of hydrogen-bond donors (Lipinski definition) is 2. The second-order valence-corrected chi connectivity index (χ2v) is 2.91. The van der Waals surface area contributed by atoms with Crippen LogP contribution in [0.1, 0.15) is 19.3 Å². The van der Waals surface area contributed by atoms with Gasteiger partial charge >= 0.3 is 11.9 Å². The maximum Gasteiger partial charge on any atom is 0.303 e.